The van der Waals surface area contributed by atoms with Gasteiger partial charge >= 0.3 is 0 Å². The van der Waals surface area contributed by atoms with Crippen LogP contribution >= 0.6 is 11.6 Å². The largest absolute Gasteiger partial charge is 0.372 e. The van der Waals surface area contributed by atoms with Crippen LogP contribution in [0.15, 0.2) is 36.4 Å². The van der Waals surface area contributed by atoms with Gasteiger partial charge in [0.2, 0.25) is 5.91 Å². The molecule has 124 valence electrons. The molecular weight excluding hydrogens is 324 g/mol. The van der Waals surface area contributed by atoms with E-state index < -0.39 is 6.04 Å². The topological polar surface area (TPSA) is 49.4 Å². The normalized spacial score (nSPS) is 17.5. The molecule has 2 aromatic rings. The highest BCUT2D eigenvalue weighted by Gasteiger charge is 2.40. The van der Waals surface area contributed by atoms with Crippen molar-refractivity contribution in [2.24, 2.45) is 0 Å². The second kappa shape index (κ2) is 6.29. The van der Waals surface area contributed by atoms with E-state index in [0.29, 0.717) is 16.4 Å². The number of carbonyl (C=O) groups excluding carboxylic acids is 2. The third-order valence-corrected chi connectivity index (χ3v) is 4.54. The summed E-state index contributed by atoms with van der Waals surface area (Å²) in [4.78, 5) is 26.6. The molecule has 4 nitrogen and oxygen atoms in total. The van der Waals surface area contributed by atoms with Gasteiger partial charge in [-0.25, -0.2) is 4.90 Å². The lowest BCUT2D eigenvalue weighted by atomic mass is 10.0. The molecule has 1 atom stereocenters. The fraction of sp³-hybridized carbons (Fsp3) is 0.263. The molecule has 5 heteroatoms. The van der Waals surface area contributed by atoms with Crippen molar-refractivity contribution in [3.63, 3.8) is 0 Å². The van der Waals surface area contributed by atoms with E-state index in [4.69, 9.17) is 11.6 Å². The van der Waals surface area contributed by atoms with Crippen LogP contribution in [0.1, 0.15) is 23.1 Å². The Morgan fingerprint density at radius 3 is 2.33 bits per heavy atom. The second-order valence-corrected chi connectivity index (χ2v) is 6.60. The van der Waals surface area contributed by atoms with Crippen LogP contribution in [0.25, 0.3) is 0 Å². The Balaban J connectivity index is 1.92. The van der Waals surface area contributed by atoms with Crippen molar-refractivity contribution in [1.29, 1.82) is 0 Å². The van der Waals surface area contributed by atoms with Gasteiger partial charge in [-0.3, -0.25) is 9.59 Å². The highest BCUT2D eigenvalue weighted by atomic mass is 35.5. The highest BCUT2D eigenvalue weighted by Crippen LogP contribution is 2.32. The fourth-order valence-electron chi connectivity index (χ4n) is 3.27. The SMILES string of the molecule is Cc1cc(C)c(N2C(=O)C[C@@H](Nc3ccccc3Cl)C2=O)c(C)c1. The van der Waals surface area contributed by atoms with Gasteiger partial charge in [-0.15, -0.1) is 0 Å². The van der Waals surface area contributed by atoms with Gasteiger partial charge < -0.3 is 5.32 Å². The number of nitrogens with one attached hydrogen (secondary N) is 1. The van der Waals surface area contributed by atoms with E-state index in [2.05, 4.69) is 5.32 Å². The van der Waals surface area contributed by atoms with E-state index >= 15 is 0 Å². The van der Waals surface area contributed by atoms with Crippen molar-refractivity contribution >= 4 is 34.8 Å². The van der Waals surface area contributed by atoms with Crippen molar-refractivity contribution in [1.82, 2.24) is 0 Å². The Morgan fingerprint density at radius 2 is 1.71 bits per heavy atom. The Hall–Kier alpha value is -2.33. The van der Waals surface area contributed by atoms with E-state index in [1.807, 2.05) is 45.0 Å². The van der Waals surface area contributed by atoms with Crippen LogP contribution in [0.2, 0.25) is 5.02 Å². The van der Waals surface area contributed by atoms with Gasteiger partial charge in [-0.2, -0.15) is 0 Å². The molecule has 0 bridgehead atoms. The summed E-state index contributed by atoms with van der Waals surface area (Å²) >= 11 is 6.14. The number of rotatable bonds is 3. The maximum atomic E-state index is 12.8. The monoisotopic (exact) mass is 342 g/mol. The maximum Gasteiger partial charge on any atom is 0.256 e. The van der Waals surface area contributed by atoms with Gasteiger partial charge in [-0.1, -0.05) is 41.4 Å². The summed E-state index contributed by atoms with van der Waals surface area (Å²) in [6.45, 7) is 5.84. The number of hydrogen-bond acceptors (Lipinski definition) is 3. The minimum Gasteiger partial charge on any atom is -0.372 e. The van der Waals surface area contributed by atoms with Crippen LogP contribution in [0, 0.1) is 20.8 Å². The van der Waals surface area contributed by atoms with Crippen LogP contribution in [0.5, 0.6) is 0 Å². The number of imide groups is 1. The molecule has 0 spiro atoms. The van der Waals surface area contributed by atoms with Gasteiger partial charge in [0.15, 0.2) is 0 Å². The van der Waals surface area contributed by atoms with E-state index in [9.17, 15) is 9.59 Å². The lowest BCUT2D eigenvalue weighted by Crippen LogP contribution is -2.35. The van der Waals surface area contributed by atoms with E-state index in [-0.39, 0.29) is 18.2 Å². The Morgan fingerprint density at radius 1 is 1.08 bits per heavy atom. The lowest BCUT2D eigenvalue weighted by molar-refractivity contribution is -0.121. The molecule has 1 aliphatic heterocycles. The van der Waals surface area contributed by atoms with Gasteiger partial charge in [0.05, 0.1) is 22.8 Å². The molecule has 1 saturated heterocycles. The molecule has 2 aromatic carbocycles. The third kappa shape index (κ3) is 2.89. The minimum atomic E-state index is -0.600. The van der Waals surface area contributed by atoms with Crippen molar-refractivity contribution in [2.45, 2.75) is 33.2 Å². The molecule has 1 fully saturated rings. The maximum absolute atomic E-state index is 12.8. The average molecular weight is 343 g/mol. The summed E-state index contributed by atoms with van der Waals surface area (Å²) < 4.78 is 0. The molecule has 0 aromatic heterocycles. The summed E-state index contributed by atoms with van der Waals surface area (Å²) in [5.74, 6) is -0.436. The van der Waals surface area contributed by atoms with Crippen LogP contribution in [0.3, 0.4) is 0 Å². The summed E-state index contributed by atoms with van der Waals surface area (Å²) in [7, 11) is 0. The first-order valence-corrected chi connectivity index (χ1v) is 8.22. The second-order valence-electron chi connectivity index (χ2n) is 6.20. The van der Waals surface area contributed by atoms with Crippen molar-refractivity contribution in [2.75, 3.05) is 10.2 Å². The number of nitrogens with zero attached hydrogens (tertiary/aromatic N) is 1. The number of anilines is 2. The number of benzene rings is 2. The number of amides is 2. The molecule has 1 N–H and O–H groups in total. The van der Waals surface area contributed by atoms with Crippen LogP contribution in [0.4, 0.5) is 11.4 Å². The molecule has 1 heterocycles. The van der Waals surface area contributed by atoms with Gasteiger partial charge in [0.1, 0.15) is 6.04 Å². The molecule has 1 aliphatic rings. The first-order valence-electron chi connectivity index (χ1n) is 7.84. The summed E-state index contributed by atoms with van der Waals surface area (Å²) in [5.41, 5.74) is 4.31. The number of carbonyl (C=O) groups is 2. The molecular formula is C19H19ClN2O2. The van der Waals surface area contributed by atoms with Crippen LogP contribution < -0.4 is 10.2 Å². The zero-order chi connectivity index (χ0) is 17.4. The Bertz CT molecular complexity index is 809. The molecule has 0 unspecified atom stereocenters. The first-order chi connectivity index (χ1) is 11.4. The highest BCUT2D eigenvalue weighted by molar-refractivity contribution is 6.33. The summed E-state index contributed by atoms with van der Waals surface area (Å²) in [6, 6.07) is 10.6. The van der Waals surface area contributed by atoms with Crippen LogP contribution in [-0.4, -0.2) is 17.9 Å². The third-order valence-electron chi connectivity index (χ3n) is 4.21. The summed E-state index contributed by atoms with van der Waals surface area (Å²) in [5, 5.41) is 3.62. The fourth-order valence-corrected chi connectivity index (χ4v) is 3.46. The van der Waals surface area contributed by atoms with Gasteiger partial charge in [0.25, 0.3) is 5.91 Å². The quantitative estimate of drug-likeness (QED) is 0.857. The number of para-hydroxylation sites is 1. The van der Waals surface area contributed by atoms with Crippen molar-refractivity contribution < 1.29 is 9.59 Å². The average Bonchev–Trinajstić information content (AvgIpc) is 2.76. The zero-order valence-corrected chi connectivity index (χ0v) is 14.6. The van der Waals surface area contributed by atoms with E-state index in [0.717, 1.165) is 16.7 Å². The molecule has 0 aliphatic carbocycles. The molecule has 3 rings (SSSR count). The number of hydrogen-bond donors (Lipinski definition) is 1. The molecule has 24 heavy (non-hydrogen) atoms. The molecule has 0 saturated carbocycles. The van der Waals surface area contributed by atoms with Crippen molar-refractivity contribution in [3.05, 3.63) is 58.1 Å². The standard InChI is InChI=1S/C19H19ClN2O2/c1-11-8-12(2)18(13(3)9-11)22-17(23)10-16(19(22)24)21-15-7-5-4-6-14(15)20/h4-9,16,21H,10H2,1-3H3/t16-/m1/s1. The molecule has 0 radical (unpaired) electrons. The van der Waals surface area contributed by atoms with E-state index in [1.165, 1.54) is 4.90 Å². The van der Waals surface area contributed by atoms with Crippen LogP contribution in [-0.2, 0) is 9.59 Å². The predicted molar refractivity (Wildman–Crippen MR) is 96.6 cm³/mol. The smallest absolute Gasteiger partial charge is 0.256 e. The van der Waals surface area contributed by atoms with E-state index in [1.54, 1.807) is 12.1 Å². The first kappa shape index (κ1) is 16.5. The van der Waals surface area contributed by atoms with Gasteiger partial charge in [0, 0.05) is 0 Å². The Kier molecular flexibility index (Phi) is 4.33. The lowest BCUT2D eigenvalue weighted by Gasteiger charge is -2.21. The predicted octanol–water partition coefficient (Wildman–Crippen LogP) is 4.01. The Labute approximate surface area is 146 Å². The van der Waals surface area contributed by atoms with Gasteiger partial charge in [-0.05, 0) is 44.0 Å². The number of aryl methyl sites for hydroxylation is 3. The summed E-state index contributed by atoms with van der Waals surface area (Å²) in [6.07, 6.45) is 0.122. The van der Waals surface area contributed by atoms with Crippen molar-refractivity contribution in [3.8, 4) is 0 Å². The number of halogens is 1. The minimum absolute atomic E-state index is 0.122. The zero-order valence-electron chi connectivity index (χ0n) is 13.9. The molecule has 2 amide bonds.